The van der Waals surface area contributed by atoms with E-state index < -0.39 is 5.97 Å². The van der Waals surface area contributed by atoms with Crippen molar-refractivity contribution in [1.29, 1.82) is 0 Å². The van der Waals surface area contributed by atoms with E-state index in [1.807, 2.05) is 6.92 Å². The van der Waals surface area contributed by atoms with Crippen molar-refractivity contribution >= 4 is 23.6 Å². The van der Waals surface area contributed by atoms with Crippen LogP contribution in [0.5, 0.6) is 0 Å². The first-order chi connectivity index (χ1) is 21.1. The fourth-order valence-electron chi connectivity index (χ4n) is 7.27. The molecule has 0 atom stereocenters. The number of piperidine rings is 2. The van der Waals surface area contributed by atoms with Crippen LogP contribution in [0.15, 0.2) is 24.5 Å². The molecule has 6 rings (SSSR count). The van der Waals surface area contributed by atoms with Gasteiger partial charge < -0.3 is 19.8 Å². The van der Waals surface area contributed by atoms with Gasteiger partial charge in [-0.15, -0.1) is 0 Å². The van der Waals surface area contributed by atoms with E-state index >= 15 is 0 Å². The molecule has 1 aromatic carbocycles. The van der Waals surface area contributed by atoms with E-state index in [0.717, 1.165) is 110 Å². The van der Waals surface area contributed by atoms with Gasteiger partial charge in [0.15, 0.2) is 0 Å². The maximum Gasteiger partial charge on any atom is 0.307 e. The molecule has 2 aromatic heterocycles. The molecule has 2 saturated heterocycles. The molecule has 0 unspecified atom stereocenters. The molecule has 234 valence electrons. The van der Waals surface area contributed by atoms with E-state index in [1.54, 1.807) is 6.33 Å². The highest BCUT2D eigenvalue weighted by Crippen LogP contribution is 2.42. The SMILES string of the molecule is CCC1CCN(c2ncnc(N3CCc4cc(-c5c(C)nc(C)c(CC(=O)O)c5N5CCC(C)(C)CC5)ccc4C3)n2)CC1. The predicted molar refractivity (Wildman–Crippen MR) is 176 cm³/mol. The van der Waals surface area contributed by atoms with Gasteiger partial charge in [-0.1, -0.05) is 45.4 Å². The molecule has 44 heavy (non-hydrogen) atoms. The summed E-state index contributed by atoms with van der Waals surface area (Å²) in [5.41, 5.74) is 8.75. The Balaban J connectivity index is 1.28. The largest absolute Gasteiger partial charge is 0.481 e. The zero-order chi connectivity index (χ0) is 31.0. The highest BCUT2D eigenvalue weighted by Gasteiger charge is 2.31. The van der Waals surface area contributed by atoms with Gasteiger partial charge in [-0.3, -0.25) is 9.78 Å². The number of carboxylic acids is 1. The van der Waals surface area contributed by atoms with Gasteiger partial charge in [0.25, 0.3) is 0 Å². The monoisotopic (exact) mass is 597 g/mol. The third-order valence-corrected chi connectivity index (χ3v) is 10.2. The van der Waals surface area contributed by atoms with Crippen LogP contribution in [-0.2, 0) is 24.2 Å². The molecule has 9 heteroatoms. The van der Waals surface area contributed by atoms with Crippen LogP contribution in [0.1, 0.15) is 81.0 Å². The smallest absolute Gasteiger partial charge is 0.307 e. The summed E-state index contributed by atoms with van der Waals surface area (Å²) in [6.45, 7) is 16.4. The van der Waals surface area contributed by atoms with Crippen molar-refractivity contribution in [2.45, 2.75) is 86.1 Å². The summed E-state index contributed by atoms with van der Waals surface area (Å²) in [5.74, 6) is 1.52. The van der Waals surface area contributed by atoms with Gasteiger partial charge in [-0.2, -0.15) is 4.98 Å². The number of hydrogen-bond donors (Lipinski definition) is 1. The zero-order valence-corrected chi connectivity index (χ0v) is 27.1. The number of carboxylic acid groups (broad SMARTS) is 1. The topological polar surface area (TPSA) is 98.6 Å². The number of benzene rings is 1. The molecule has 5 heterocycles. The van der Waals surface area contributed by atoms with Crippen LogP contribution >= 0.6 is 0 Å². The van der Waals surface area contributed by atoms with Crippen molar-refractivity contribution in [2.75, 3.05) is 47.4 Å². The Hall–Kier alpha value is -3.75. The molecule has 0 spiro atoms. The summed E-state index contributed by atoms with van der Waals surface area (Å²) in [5, 5.41) is 9.85. The molecule has 3 aliphatic rings. The van der Waals surface area contributed by atoms with Crippen molar-refractivity contribution in [2.24, 2.45) is 11.3 Å². The number of anilines is 3. The molecular formula is C35H47N7O2. The van der Waals surface area contributed by atoms with Crippen LogP contribution < -0.4 is 14.7 Å². The highest BCUT2D eigenvalue weighted by atomic mass is 16.4. The van der Waals surface area contributed by atoms with Crippen LogP contribution in [0.25, 0.3) is 11.1 Å². The zero-order valence-electron chi connectivity index (χ0n) is 27.1. The Labute approximate surface area is 261 Å². The molecule has 0 radical (unpaired) electrons. The van der Waals surface area contributed by atoms with E-state index in [9.17, 15) is 9.90 Å². The number of pyridine rings is 1. The van der Waals surface area contributed by atoms with Gasteiger partial charge in [-0.25, -0.2) is 9.97 Å². The van der Waals surface area contributed by atoms with Crippen LogP contribution in [-0.4, -0.2) is 63.7 Å². The van der Waals surface area contributed by atoms with Crippen molar-refractivity contribution < 1.29 is 9.90 Å². The Bertz CT molecular complexity index is 1520. The lowest BCUT2D eigenvalue weighted by atomic mass is 9.82. The van der Waals surface area contributed by atoms with Crippen LogP contribution in [0.3, 0.4) is 0 Å². The number of carbonyl (C=O) groups is 1. The lowest BCUT2D eigenvalue weighted by Gasteiger charge is -2.40. The summed E-state index contributed by atoms with van der Waals surface area (Å²) in [7, 11) is 0. The van der Waals surface area contributed by atoms with Gasteiger partial charge in [0.05, 0.1) is 12.1 Å². The summed E-state index contributed by atoms with van der Waals surface area (Å²) < 4.78 is 0. The number of aromatic nitrogens is 4. The lowest BCUT2D eigenvalue weighted by Crippen LogP contribution is -2.38. The molecule has 0 bridgehead atoms. The first kappa shape index (κ1) is 30.3. The molecule has 9 nitrogen and oxygen atoms in total. The average Bonchev–Trinajstić information content (AvgIpc) is 3.02. The van der Waals surface area contributed by atoms with Crippen molar-refractivity contribution in [3.8, 4) is 11.1 Å². The maximum absolute atomic E-state index is 12.0. The fraction of sp³-hybridized carbons (Fsp3) is 0.571. The summed E-state index contributed by atoms with van der Waals surface area (Å²) >= 11 is 0. The molecule has 3 aromatic rings. The van der Waals surface area contributed by atoms with Gasteiger partial charge in [-0.05, 0) is 74.0 Å². The number of hydrogen-bond acceptors (Lipinski definition) is 8. The first-order valence-electron chi connectivity index (χ1n) is 16.4. The van der Waals surface area contributed by atoms with E-state index in [2.05, 4.69) is 70.6 Å². The summed E-state index contributed by atoms with van der Waals surface area (Å²) in [6.07, 6.45) is 8.32. The third-order valence-electron chi connectivity index (χ3n) is 10.2. The van der Waals surface area contributed by atoms with Crippen molar-refractivity contribution in [3.05, 3.63) is 52.6 Å². The second-order valence-electron chi connectivity index (χ2n) is 13.8. The van der Waals surface area contributed by atoms with Gasteiger partial charge in [0, 0.05) is 61.8 Å². The quantitative estimate of drug-likeness (QED) is 0.352. The second-order valence-corrected chi connectivity index (χ2v) is 13.8. The minimum Gasteiger partial charge on any atom is -0.481 e. The van der Waals surface area contributed by atoms with Gasteiger partial charge in [0.2, 0.25) is 11.9 Å². The summed E-state index contributed by atoms with van der Waals surface area (Å²) in [4.78, 5) is 37.9. The van der Waals surface area contributed by atoms with Gasteiger partial charge in [0.1, 0.15) is 6.33 Å². The van der Waals surface area contributed by atoms with Crippen LogP contribution in [0.4, 0.5) is 17.6 Å². The van der Waals surface area contributed by atoms with Crippen LogP contribution in [0, 0.1) is 25.2 Å². The number of nitrogens with zero attached hydrogens (tertiary/aromatic N) is 7. The lowest BCUT2D eigenvalue weighted by molar-refractivity contribution is -0.136. The van der Waals surface area contributed by atoms with E-state index in [-0.39, 0.29) is 6.42 Å². The molecular weight excluding hydrogens is 550 g/mol. The Kier molecular flexibility index (Phi) is 8.49. The van der Waals surface area contributed by atoms with Crippen molar-refractivity contribution in [3.63, 3.8) is 0 Å². The Morgan fingerprint density at radius 3 is 2.30 bits per heavy atom. The number of aliphatic carboxylic acids is 1. The molecule has 1 N–H and O–H groups in total. The normalized spacial score (nSPS) is 18.8. The molecule has 0 aliphatic carbocycles. The highest BCUT2D eigenvalue weighted by molar-refractivity contribution is 5.86. The fourth-order valence-corrected chi connectivity index (χ4v) is 7.27. The number of aryl methyl sites for hydroxylation is 2. The minimum atomic E-state index is -0.819. The number of rotatable bonds is 7. The van der Waals surface area contributed by atoms with Gasteiger partial charge >= 0.3 is 5.97 Å². The predicted octanol–water partition coefficient (Wildman–Crippen LogP) is 5.99. The first-order valence-corrected chi connectivity index (χ1v) is 16.4. The molecule has 2 fully saturated rings. The standard InChI is InChI=1S/C35H47N7O2/c1-6-25-9-14-41(15-10-25)33-36-22-37-34(39-33)42-16-11-26-19-27(7-8-28(26)21-42)31-24(3)38-23(2)29(20-30(43)44)32(31)40-17-12-35(4,5)13-18-40/h7-8,19,22,25H,6,9-18,20-21H2,1-5H3,(H,43,44). The maximum atomic E-state index is 12.0. The molecule has 3 aliphatic heterocycles. The number of fused-ring (bicyclic) bond motifs is 1. The second kappa shape index (κ2) is 12.3. The van der Waals surface area contributed by atoms with E-state index in [0.29, 0.717) is 5.41 Å². The average molecular weight is 598 g/mol. The van der Waals surface area contributed by atoms with Crippen LogP contribution in [0.2, 0.25) is 0 Å². The van der Waals surface area contributed by atoms with E-state index in [4.69, 9.17) is 9.97 Å². The van der Waals surface area contributed by atoms with Crippen molar-refractivity contribution in [1.82, 2.24) is 19.9 Å². The molecule has 0 amide bonds. The summed E-state index contributed by atoms with van der Waals surface area (Å²) in [6, 6.07) is 6.73. The Morgan fingerprint density at radius 2 is 1.61 bits per heavy atom. The molecule has 0 saturated carbocycles. The minimum absolute atomic E-state index is 0.0220. The Morgan fingerprint density at radius 1 is 0.909 bits per heavy atom. The van der Waals surface area contributed by atoms with E-state index in [1.165, 1.54) is 30.4 Å². The third kappa shape index (κ3) is 6.24.